The van der Waals surface area contributed by atoms with Gasteiger partial charge in [0.05, 0.1) is 17.5 Å². The van der Waals surface area contributed by atoms with Crippen molar-refractivity contribution in [1.29, 1.82) is 0 Å². The van der Waals surface area contributed by atoms with E-state index in [0.717, 1.165) is 10.9 Å². The molecule has 0 atom stereocenters. The Hall–Kier alpha value is -4.31. The molecule has 1 aliphatic rings. The maximum atomic E-state index is 15.2. The molecule has 7 nitrogen and oxygen atoms in total. The fraction of sp³-hybridized carbons (Fsp3) is 0.143. The fourth-order valence-electron chi connectivity index (χ4n) is 4.50. The molecule has 38 heavy (non-hydrogen) atoms. The zero-order valence-electron chi connectivity index (χ0n) is 20.5. The van der Waals surface area contributed by atoms with Crippen molar-refractivity contribution in [3.8, 4) is 17.2 Å². The predicted octanol–water partition coefficient (Wildman–Crippen LogP) is 5.20. The fourth-order valence-corrected chi connectivity index (χ4v) is 5.28. The van der Waals surface area contributed by atoms with Crippen molar-refractivity contribution in [3.63, 3.8) is 0 Å². The topological polar surface area (TPSA) is 104 Å². The largest absolute Gasteiger partial charge is 0.457 e. The number of benzene rings is 3. The van der Waals surface area contributed by atoms with E-state index in [0.29, 0.717) is 33.8 Å². The highest BCUT2D eigenvalue weighted by Crippen LogP contribution is 2.33. The number of Topliss-reactive ketones (excluding diaryl/α,β-unsaturated/α-hetero) is 1. The molecule has 194 valence electrons. The van der Waals surface area contributed by atoms with Crippen LogP contribution in [0.2, 0.25) is 0 Å². The molecule has 0 saturated heterocycles. The van der Waals surface area contributed by atoms with Gasteiger partial charge in [0.15, 0.2) is 21.4 Å². The van der Waals surface area contributed by atoms with E-state index >= 15 is 4.39 Å². The number of carbonyl (C=O) groups is 1. The van der Waals surface area contributed by atoms with Gasteiger partial charge in [0, 0.05) is 29.9 Å². The lowest BCUT2D eigenvalue weighted by atomic mass is 10.0. The highest BCUT2D eigenvalue weighted by Gasteiger charge is 2.26. The maximum absolute atomic E-state index is 15.2. The second-order valence-electron chi connectivity index (χ2n) is 9.23. The van der Waals surface area contributed by atoms with Gasteiger partial charge in [0.2, 0.25) is 0 Å². The summed E-state index contributed by atoms with van der Waals surface area (Å²) in [5.74, 6) is -1.35. The smallest absolute Gasteiger partial charge is 0.194 e. The quantitative estimate of drug-likeness (QED) is 0.326. The Balaban J connectivity index is 1.41. The van der Waals surface area contributed by atoms with Crippen LogP contribution in [-0.2, 0) is 22.0 Å². The van der Waals surface area contributed by atoms with Gasteiger partial charge < -0.3 is 10.5 Å². The molecule has 1 heterocycles. The molecular formula is C28H23F2N3O4S. The standard InChI is InChI=1S/C28H23F2N3O4S/c1-16-8-22(37-21-6-4-3-5-7-21)13-25(30)26(16)33-28(31)23(14-32-33)27(34)19-9-17-11-20(15-38(2,35)36)24(29)12-18(17)10-19/h3-8,10-14H,9,15,31H2,1-2H3. The van der Waals surface area contributed by atoms with Crippen LogP contribution in [0.4, 0.5) is 14.6 Å². The van der Waals surface area contributed by atoms with Crippen LogP contribution < -0.4 is 10.5 Å². The molecule has 5 rings (SSSR count). The van der Waals surface area contributed by atoms with Gasteiger partial charge in [0.25, 0.3) is 0 Å². The number of nitrogen functional groups attached to an aromatic ring is 1. The van der Waals surface area contributed by atoms with Gasteiger partial charge in [-0.25, -0.2) is 21.9 Å². The van der Waals surface area contributed by atoms with E-state index < -0.39 is 33.0 Å². The first-order chi connectivity index (χ1) is 18.0. The van der Waals surface area contributed by atoms with Crippen molar-refractivity contribution >= 4 is 27.5 Å². The van der Waals surface area contributed by atoms with Crippen molar-refractivity contribution in [2.75, 3.05) is 12.0 Å². The first kappa shape index (κ1) is 25.3. The van der Waals surface area contributed by atoms with Crippen LogP contribution in [0.1, 0.15) is 32.6 Å². The molecular weight excluding hydrogens is 512 g/mol. The summed E-state index contributed by atoms with van der Waals surface area (Å²) < 4.78 is 59.8. The van der Waals surface area contributed by atoms with Crippen LogP contribution in [0.25, 0.3) is 11.8 Å². The summed E-state index contributed by atoms with van der Waals surface area (Å²) in [5.41, 5.74) is 8.41. The zero-order valence-corrected chi connectivity index (χ0v) is 21.4. The van der Waals surface area contributed by atoms with Gasteiger partial charge >= 0.3 is 0 Å². The molecule has 0 aliphatic heterocycles. The Morgan fingerprint density at radius 3 is 2.50 bits per heavy atom. The number of halogens is 2. The van der Waals surface area contributed by atoms with Gasteiger partial charge in [-0.2, -0.15) is 5.10 Å². The van der Waals surface area contributed by atoms with Crippen LogP contribution in [0.15, 0.2) is 66.4 Å². The van der Waals surface area contributed by atoms with Crippen molar-refractivity contribution in [3.05, 3.63) is 106 Å². The average Bonchev–Trinajstić information content (AvgIpc) is 3.41. The van der Waals surface area contributed by atoms with Crippen molar-refractivity contribution in [2.24, 2.45) is 0 Å². The van der Waals surface area contributed by atoms with Crippen LogP contribution >= 0.6 is 0 Å². The minimum absolute atomic E-state index is 0.0467. The Morgan fingerprint density at radius 1 is 1.08 bits per heavy atom. The third-order valence-electron chi connectivity index (χ3n) is 6.20. The number of nitrogens with two attached hydrogens (primary N) is 1. The number of anilines is 1. The number of hydrogen-bond donors (Lipinski definition) is 1. The normalized spacial score (nSPS) is 12.8. The third kappa shape index (κ3) is 4.95. The first-order valence-corrected chi connectivity index (χ1v) is 13.7. The molecule has 0 saturated carbocycles. The Labute approximate surface area is 218 Å². The van der Waals surface area contributed by atoms with E-state index in [9.17, 15) is 17.6 Å². The van der Waals surface area contributed by atoms with E-state index in [1.54, 1.807) is 43.3 Å². The maximum Gasteiger partial charge on any atom is 0.194 e. The average molecular weight is 536 g/mol. The summed E-state index contributed by atoms with van der Waals surface area (Å²) in [6, 6.07) is 14.5. The Morgan fingerprint density at radius 2 is 1.82 bits per heavy atom. The molecule has 10 heteroatoms. The molecule has 1 aliphatic carbocycles. The number of rotatable bonds is 7. The van der Waals surface area contributed by atoms with E-state index in [-0.39, 0.29) is 29.1 Å². The van der Waals surface area contributed by atoms with Crippen molar-refractivity contribution in [2.45, 2.75) is 19.1 Å². The van der Waals surface area contributed by atoms with E-state index in [1.165, 1.54) is 24.4 Å². The monoisotopic (exact) mass is 535 g/mol. The van der Waals surface area contributed by atoms with Crippen LogP contribution in [0.3, 0.4) is 0 Å². The molecule has 0 radical (unpaired) electrons. The van der Waals surface area contributed by atoms with Crippen LogP contribution in [-0.4, -0.2) is 30.2 Å². The molecule has 2 N–H and O–H groups in total. The summed E-state index contributed by atoms with van der Waals surface area (Å²) in [6.45, 7) is 1.68. The lowest BCUT2D eigenvalue weighted by molar-refractivity contribution is 0.103. The molecule has 1 aromatic heterocycles. The molecule has 3 aromatic carbocycles. The summed E-state index contributed by atoms with van der Waals surface area (Å²) >= 11 is 0. The highest BCUT2D eigenvalue weighted by atomic mass is 32.2. The molecule has 4 aromatic rings. The zero-order chi connectivity index (χ0) is 27.2. The molecule has 0 bridgehead atoms. The third-order valence-corrected chi connectivity index (χ3v) is 7.03. The lowest BCUT2D eigenvalue weighted by Gasteiger charge is -2.13. The number of allylic oxidation sites excluding steroid dienone is 1. The second kappa shape index (κ2) is 9.53. The highest BCUT2D eigenvalue weighted by molar-refractivity contribution is 7.89. The first-order valence-electron chi connectivity index (χ1n) is 11.6. The number of hydrogen-bond acceptors (Lipinski definition) is 6. The minimum atomic E-state index is -3.43. The Kier molecular flexibility index (Phi) is 6.36. The van der Waals surface area contributed by atoms with Gasteiger partial charge in [-0.05, 0) is 54.0 Å². The SMILES string of the molecule is Cc1cc(Oc2ccccc2)cc(F)c1-n1ncc(C(=O)C2=Cc3cc(F)c(CS(C)(=O)=O)cc3C2)c1N. The lowest BCUT2D eigenvalue weighted by Crippen LogP contribution is -2.10. The van der Waals surface area contributed by atoms with Gasteiger partial charge in [-0.3, -0.25) is 4.79 Å². The Bertz CT molecular complexity index is 1710. The van der Waals surface area contributed by atoms with E-state index in [1.807, 2.05) is 6.07 Å². The number of nitrogens with zero attached hydrogens (tertiary/aromatic N) is 2. The van der Waals surface area contributed by atoms with Crippen LogP contribution in [0.5, 0.6) is 11.5 Å². The molecule has 0 spiro atoms. The molecule has 0 amide bonds. The number of ketones is 1. The van der Waals surface area contributed by atoms with E-state index in [2.05, 4.69) is 5.10 Å². The number of carbonyl (C=O) groups excluding carboxylic acids is 1. The number of ether oxygens (including phenoxy) is 1. The van der Waals surface area contributed by atoms with Crippen molar-refractivity contribution in [1.82, 2.24) is 9.78 Å². The van der Waals surface area contributed by atoms with Gasteiger partial charge in [0.1, 0.15) is 28.8 Å². The second-order valence-corrected chi connectivity index (χ2v) is 11.4. The summed E-state index contributed by atoms with van der Waals surface area (Å²) in [6.07, 6.45) is 4.02. The minimum Gasteiger partial charge on any atom is -0.457 e. The van der Waals surface area contributed by atoms with Gasteiger partial charge in [-0.15, -0.1) is 0 Å². The molecule has 0 fully saturated rings. The predicted molar refractivity (Wildman–Crippen MR) is 140 cm³/mol. The van der Waals surface area contributed by atoms with Gasteiger partial charge in [-0.1, -0.05) is 24.3 Å². The summed E-state index contributed by atoms with van der Waals surface area (Å²) in [5, 5.41) is 4.17. The van der Waals surface area contributed by atoms with E-state index in [4.69, 9.17) is 10.5 Å². The number of aromatic nitrogens is 2. The number of fused-ring (bicyclic) bond motifs is 1. The number of para-hydroxylation sites is 1. The summed E-state index contributed by atoms with van der Waals surface area (Å²) in [4.78, 5) is 13.3. The van der Waals surface area contributed by atoms with Crippen molar-refractivity contribution < 1.29 is 26.7 Å². The van der Waals surface area contributed by atoms with Crippen LogP contribution in [0, 0.1) is 18.6 Å². The summed E-state index contributed by atoms with van der Waals surface area (Å²) in [7, 11) is -3.43. The molecule has 0 unspecified atom stereocenters. The number of sulfone groups is 1. The number of aryl methyl sites for hydroxylation is 1.